The van der Waals surface area contributed by atoms with Crippen LogP contribution in [0.4, 0.5) is 0 Å². The molecule has 0 spiro atoms. The predicted octanol–water partition coefficient (Wildman–Crippen LogP) is 0.0985. The van der Waals surface area contributed by atoms with E-state index >= 15 is 0 Å². The van der Waals surface area contributed by atoms with Crippen LogP contribution in [0.3, 0.4) is 0 Å². The molecule has 2 aliphatic rings. The summed E-state index contributed by atoms with van der Waals surface area (Å²) in [4.78, 5) is 22.1. The summed E-state index contributed by atoms with van der Waals surface area (Å²) in [5.74, 6) is 0.277. The van der Waals surface area contributed by atoms with Crippen LogP contribution in [-0.2, 0) is 4.74 Å². The molecule has 0 aromatic carbocycles. The number of rotatable bonds is 2. The van der Waals surface area contributed by atoms with E-state index in [4.69, 9.17) is 9.47 Å². The lowest BCUT2D eigenvalue weighted by molar-refractivity contribution is -0.104. The van der Waals surface area contributed by atoms with E-state index in [0.29, 0.717) is 24.8 Å². The van der Waals surface area contributed by atoms with Crippen LogP contribution < -0.4 is 4.74 Å². The molecule has 0 N–H and O–H groups in total. The molecule has 1 aromatic rings. The lowest BCUT2D eigenvalue weighted by Gasteiger charge is -2.52. The van der Waals surface area contributed by atoms with Crippen LogP contribution in [0.15, 0.2) is 12.4 Å². The van der Waals surface area contributed by atoms with Gasteiger partial charge >= 0.3 is 0 Å². The van der Waals surface area contributed by atoms with Crippen molar-refractivity contribution in [1.29, 1.82) is 0 Å². The second-order valence-electron chi connectivity index (χ2n) is 4.24. The van der Waals surface area contributed by atoms with E-state index < -0.39 is 0 Å². The van der Waals surface area contributed by atoms with E-state index in [2.05, 4.69) is 9.97 Å². The van der Waals surface area contributed by atoms with Gasteiger partial charge in [0.05, 0.1) is 44.8 Å². The van der Waals surface area contributed by atoms with Gasteiger partial charge in [0.25, 0.3) is 5.91 Å². The SMILES string of the molecule is COc1cncc(C(=O)N2C3COCC2C3)n1. The number of aromatic nitrogens is 2. The third-order valence-corrected chi connectivity index (χ3v) is 3.23. The van der Waals surface area contributed by atoms with Gasteiger partial charge < -0.3 is 14.4 Å². The summed E-state index contributed by atoms with van der Waals surface area (Å²) < 4.78 is 10.3. The monoisotopic (exact) mass is 235 g/mol. The Kier molecular flexibility index (Phi) is 2.44. The minimum Gasteiger partial charge on any atom is -0.480 e. The van der Waals surface area contributed by atoms with Crippen LogP contribution in [0, 0.1) is 0 Å². The van der Waals surface area contributed by atoms with Gasteiger partial charge in [0.1, 0.15) is 0 Å². The highest BCUT2D eigenvalue weighted by molar-refractivity contribution is 5.93. The minimum atomic E-state index is -0.0825. The fourth-order valence-electron chi connectivity index (χ4n) is 2.35. The molecule has 2 aliphatic heterocycles. The highest BCUT2D eigenvalue weighted by Crippen LogP contribution is 2.31. The summed E-state index contributed by atoms with van der Waals surface area (Å²) in [7, 11) is 1.50. The van der Waals surface area contributed by atoms with E-state index in [1.54, 1.807) is 0 Å². The lowest BCUT2D eigenvalue weighted by atomic mass is 9.91. The van der Waals surface area contributed by atoms with Crippen LogP contribution in [-0.4, -0.2) is 53.2 Å². The van der Waals surface area contributed by atoms with Crippen molar-refractivity contribution in [2.45, 2.75) is 18.5 Å². The Hall–Kier alpha value is -1.69. The molecule has 6 nitrogen and oxygen atoms in total. The van der Waals surface area contributed by atoms with Crippen LogP contribution >= 0.6 is 0 Å². The van der Waals surface area contributed by atoms with E-state index in [-0.39, 0.29) is 18.0 Å². The highest BCUT2D eigenvalue weighted by Gasteiger charge is 2.45. The zero-order chi connectivity index (χ0) is 11.8. The molecule has 90 valence electrons. The number of methoxy groups -OCH3 is 1. The maximum absolute atomic E-state index is 12.2. The van der Waals surface area contributed by atoms with Gasteiger partial charge in [-0.25, -0.2) is 4.98 Å². The van der Waals surface area contributed by atoms with E-state index in [9.17, 15) is 4.79 Å². The molecule has 2 unspecified atom stereocenters. The number of nitrogens with zero attached hydrogens (tertiary/aromatic N) is 3. The fraction of sp³-hybridized carbons (Fsp3) is 0.545. The molecule has 1 amide bonds. The van der Waals surface area contributed by atoms with Crippen molar-refractivity contribution in [2.24, 2.45) is 0 Å². The first-order chi connectivity index (χ1) is 8.29. The molecule has 0 aliphatic carbocycles. The first-order valence-corrected chi connectivity index (χ1v) is 5.56. The van der Waals surface area contributed by atoms with Gasteiger partial charge in [0, 0.05) is 0 Å². The largest absolute Gasteiger partial charge is 0.480 e. The molecule has 3 heterocycles. The number of morpholine rings is 1. The normalized spacial score (nSPS) is 26.3. The second kappa shape index (κ2) is 3.96. The van der Waals surface area contributed by atoms with E-state index in [1.165, 1.54) is 19.5 Å². The Labute approximate surface area is 98.6 Å². The van der Waals surface area contributed by atoms with Gasteiger partial charge in [-0.15, -0.1) is 0 Å². The smallest absolute Gasteiger partial charge is 0.274 e. The molecule has 0 radical (unpaired) electrons. The van der Waals surface area contributed by atoms with Gasteiger partial charge in [0.15, 0.2) is 5.69 Å². The van der Waals surface area contributed by atoms with Gasteiger partial charge in [-0.1, -0.05) is 0 Å². The third kappa shape index (κ3) is 1.64. The summed E-state index contributed by atoms with van der Waals surface area (Å²) >= 11 is 0. The standard InChI is InChI=1S/C11H13N3O3/c1-16-10-4-12-3-9(13-10)11(15)14-7-2-8(14)6-17-5-7/h3-4,7-8H,2,5-6H2,1H3. The zero-order valence-electron chi connectivity index (χ0n) is 9.50. The molecule has 3 rings (SSSR count). The molecular formula is C11H13N3O3. The number of hydrogen-bond acceptors (Lipinski definition) is 5. The second-order valence-corrected chi connectivity index (χ2v) is 4.24. The van der Waals surface area contributed by atoms with Crippen molar-refractivity contribution in [1.82, 2.24) is 14.9 Å². The quantitative estimate of drug-likeness (QED) is 0.727. The van der Waals surface area contributed by atoms with Crippen molar-refractivity contribution >= 4 is 5.91 Å². The molecule has 2 saturated heterocycles. The fourth-order valence-corrected chi connectivity index (χ4v) is 2.35. The zero-order valence-corrected chi connectivity index (χ0v) is 9.50. The lowest BCUT2D eigenvalue weighted by Crippen LogP contribution is -2.65. The first-order valence-electron chi connectivity index (χ1n) is 5.56. The topological polar surface area (TPSA) is 64.5 Å². The van der Waals surface area contributed by atoms with Crippen molar-refractivity contribution < 1.29 is 14.3 Å². The first kappa shape index (κ1) is 10.5. The van der Waals surface area contributed by atoms with Crippen LogP contribution in [0.5, 0.6) is 5.88 Å². The van der Waals surface area contributed by atoms with E-state index in [1.807, 2.05) is 4.90 Å². The Morgan fingerprint density at radius 2 is 2.24 bits per heavy atom. The molecular weight excluding hydrogens is 222 g/mol. The number of ether oxygens (including phenoxy) is 2. The molecule has 2 bridgehead atoms. The molecule has 1 aromatic heterocycles. The van der Waals surface area contributed by atoms with Crippen molar-refractivity contribution in [3.8, 4) is 5.88 Å². The molecule has 2 fully saturated rings. The molecule has 0 saturated carbocycles. The molecule has 17 heavy (non-hydrogen) atoms. The number of amides is 1. The number of carbonyl (C=O) groups is 1. The van der Waals surface area contributed by atoms with Crippen molar-refractivity contribution in [2.75, 3.05) is 20.3 Å². The number of hydrogen-bond donors (Lipinski definition) is 0. The van der Waals surface area contributed by atoms with Crippen LogP contribution in [0.1, 0.15) is 16.9 Å². The maximum atomic E-state index is 12.2. The Morgan fingerprint density at radius 1 is 1.47 bits per heavy atom. The van der Waals surface area contributed by atoms with Gasteiger partial charge in [-0.2, -0.15) is 0 Å². The van der Waals surface area contributed by atoms with Crippen molar-refractivity contribution in [3.05, 3.63) is 18.1 Å². The van der Waals surface area contributed by atoms with Crippen molar-refractivity contribution in [3.63, 3.8) is 0 Å². The van der Waals surface area contributed by atoms with Crippen LogP contribution in [0.2, 0.25) is 0 Å². The predicted molar refractivity (Wildman–Crippen MR) is 57.8 cm³/mol. The minimum absolute atomic E-state index is 0.0825. The summed E-state index contributed by atoms with van der Waals surface area (Å²) in [5, 5.41) is 0. The van der Waals surface area contributed by atoms with Gasteiger partial charge in [0.2, 0.25) is 5.88 Å². The van der Waals surface area contributed by atoms with E-state index in [0.717, 1.165) is 6.42 Å². The summed E-state index contributed by atoms with van der Waals surface area (Å²) in [6.45, 7) is 1.25. The average Bonchev–Trinajstić information content (AvgIpc) is 2.39. The Bertz CT molecular complexity index is 437. The van der Waals surface area contributed by atoms with Crippen LogP contribution in [0.25, 0.3) is 0 Å². The number of fused-ring (bicyclic) bond motifs is 2. The Morgan fingerprint density at radius 3 is 2.88 bits per heavy atom. The average molecular weight is 235 g/mol. The summed E-state index contributed by atoms with van der Waals surface area (Å²) in [6.07, 6.45) is 3.99. The molecule has 2 atom stereocenters. The number of carbonyl (C=O) groups excluding carboxylic acids is 1. The Balaban J connectivity index is 1.81. The third-order valence-electron chi connectivity index (χ3n) is 3.23. The summed E-state index contributed by atoms with van der Waals surface area (Å²) in [6, 6.07) is 0.406. The van der Waals surface area contributed by atoms with Gasteiger partial charge in [-0.05, 0) is 6.42 Å². The maximum Gasteiger partial charge on any atom is 0.274 e. The highest BCUT2D eigenvalue weighted by atomic mass is 16.5. The molecule has 6 heteroatoms. The summed E-state index contributed by atoms with van der Waals surface area (Å²) in [5.41, 5.74) is 0.334. The van der Waals surface area contributed by atoms with Gasteiger partial charge in [-0.3, -0.25) is 9.78 Å².